The minimum Gasteiger partial charge on any atom is -0.508 e. The first kappa shape index (κ1) is 23.4. The number of phenolic OH excluding ortho intramolecular Hbond substituents is 2. The first-order valence-corrected chi connectivity index (χ1v) is 10.9. The number of benzene rings is 1. The van der Waals surface area contributed by atoms with Crippen LogP contribution >= 0.6 is 0 Å². The van der Waals surface area contributed by atoms with E-state index >= 15 is 0 Å². The van der Waals surface area contributed by atoms with Gasteiger partial charge in [0.15, 0.2) is 11.5 Å². The average molecular weight is 377 g/mol. The van der Waals surface area contributed by atoms with Crippen LogP contribution in [0.2, 0.25) is 0 Å². The molecule has 0 unspecified atom stereocenters. The van der Waals surface area contributed by atoms with Crippen molar-refractivity contribution in [2.45, 2.75) is 96.8 Å². The molecular formula is C24H40O3. The number of hydrogen-bond acceptors (Lipinski definition) is 3. The van der Waals surface area contributed by atoms with Gasteiger partial charge in [-0.3, -0.25) is 0 Å². The Morgan fingerprint density at radius 1 is 0.778 bits per heavy atom. The molecule has 1 aromatic carbocycles. The lowest BCUT2D eigenvalue weighted by atomic mass is 10.0. The maximum atomic E-state index is 10.1. The Kier molecular flexibility index (Phi) is 13.4. The number of allylic oxidation sites excluding steroid dienone is 2. The number of hydrogen-bond donors (Lipinski definition) is 2. The van der Waals surface area contributed by atoms with Crippen molar-refractivity contribution in [1.82, 2.24) is 0 Å². The number of rotatable bonds is 16. The molecular weight excluding hydrogens is 336 g/mol. The number of unbranched alkanes of at least 4 members (excludes halogenated alkanes) is 11. The highest BCUT2D eigenvalue weighted by molar-refractivity contribution is 5.50. The molecule has 3 heteroatoms. The third kappa shape index (κ3) is 10.9. The number of aryl methyl sites for hydroxylation is 1. The van der Waals surface area contributed by atoms with E-state index in [2.05, 4.69) is 19.1 Å². The van der Waals surface area contributed by atoms with E-state index in [9.17, 15) is 10.2 Å². The number of ether oxygens (including phenoxy) is 1. The second-order valence-electron chi connectivity index (χ2n) is 7.49. The zero-order chi connectivity index (χ0) is 19.7. The maximum absolute atomic E-state index is 10.1. The van der Waals surface area contributed by atoms with Crippen LogP contribution in [0, 0.1) is 0 Å². The van der Waals surface area contributed by atoms with Crippen LogP contribution in [-0.4, -0.2) is 17.3 Å². The summed E-state index contributed by atoms with van der Waals surface area (Å²) < 4.78 is 5.08. The van der Waals surface area contributed by atoms with Crippen molar-refractivity contribution in [3.8, 4) is 17.2 Å². The minimum absolute atomic E-state index is 0.148. The molecule has 27 heavy (non-hydrogen) atoms. The minimum atomic E-state index is 0.148. The maximum Gasteiger partial charge on any atom is 0.164 e. The molecule has 3 nitrogen and oxygen atoms in total. The third-order valence-electron chi connectivity index (χ3n) is 5.07. The first-order valence-electron chi connectivity index (χ1n) is 10.9. The molecule has 0 fully saturated rings. The highest BCUT2D eigenvalue weighted by Gasteiger charge is 2.09. The Bertz CT molecular complexity index is 523. The van der Waals surface area contributed by atoms with E-state index in [4.69, 9.17) is 4.74 Å². The van der Waals surface area contributed by atoms with E-state index < -0.39 is 0 Å². The van der Waals surface area contributed by atoms with Crippen LogP contribution in [0.25, 0.3) is 0 Å². The van der Waals surface area contributed by atoms with Crippen molar-refractivity contribution in [2.24, 2.45) is 0 Å². The normalized spacial score (nSPS) is 11.3. The van der Waals surface area contributed by atoms with E-state index in [0.717, 1.165) is 24.8 Å². The molecule has 0 aliphatic carbocycles. The lowest BCUT2D eigenvalue weighted by Crippen LogP contribution is -1.91. The molecule has 0 spiro atoms. The van der Waals surface area contributed by atoms with Crippen LogP contribution in [0.3, 0.4) is 0 Å². The van der Waals surface area contributed by atoms with Gasteiger partial charge < -0.3 is 14.9 Å². The predicted octanol–water partition coefficient (Wildman–Crippen LogP) is 7.30. The van der Waals surface area contributed by atoms with Gasteiger partial charge in [-0.15, -0.1) is 0 Å². The SMILES string of the molecule is CCCCCC/C=C/CCCCCCCCCc1cc(O)cc(OC)c1O. The summed E-state index contributed by atoms with van der Waals surface area (Å²) >= 11 is 0. The zero-order valence-corrected chi connectivity index (χ0v) is 17.5. The van der Waals surface area contributed by atoms with E-state index in [0.29, 0.717) is 5.75 Å². The molecule has 154 valence electrons. The number of methoxy groups -OCH3 is 1. The molecule has 0 bridgehead atoms. The van der Waals surface area contributed by atoms with Crippen molar-refractivity contribution in [3.63, 3.8) is 0 Å². The van der Waals surface area contributed by atoms with Crippen LogP contribution in [0.1, 0.15) is 96.0 Å². The van der Waals surface area contributed by atoms with Crippen LogP contribution in [-0.2, 0) is 6.42 Å². The average Bonchev–Trinajstić information content (AvgIpc) is 2.67. The fourth-order valence-electron chi connectivity index (χ4n) is 3.38. The summed E-state index contributed by atoms with van der Waals surface area (Å²) in [7, 11) is 1.50. The van der Waals surface area contributed by atoms with Gasteiger partial charge in [-0.1, -0.05) is 70.4 Å². The monoisotopic (exact) mass is 376 g/mol. The quantitative estimate of drug-likeness (QED) is 0.181. The fraction of sp³-hybridized carbons (Fsp3) is 0.667. The Balaban J connectivity index is 1.98. The molecule has 0 atom stereocenters. The molecule has 1 rings (SSSR count). The first-order chi connectivity index (χ1) is 13.2. The molecule has 0 heterocycles. The van der Waals surface area contributed by atoms with Crippen molar-refractivity contribution in [2.75, 3.05) is 7.11 Å². The van der Waals surface area contributed by atoms with Gasteiger partial charge in [-0.25, -0.2) is 0 Å². The molecule has 0 amide bonds. The molecule has 2 N–H and O–H groups in total. The molecule has 0 aromatic heterocycles. The van der Waals surface area contributed by atoms with Gasteiger partial charge in [0.1, 0.15) is 5.75 Å². The predicted molar refractivity (Wildman–Crippen MR) is 115 cm³/mol. The van der Waals surface area contributed by atoms with Gasteiger partial charge in [-0.2, -0.15) is 0 Å². The molecule has 0 saturated carbocycles. The van der Waals surface area contributed by atoms with Crippen LogP contribution in [0.5, 0.6) is 17.2 Å². The summed E-state index contributed by atoms with van der Waals surface area (Å²) in [6.07, 6.45) is 22.1. The Labute approximate surface area is 166 Å². The fourth-order valence-corrected chi connectivity index (χ4v) is 3.38. The van der Waals surface area contributed by atoms with Gasteiger partial charge in [0.05, 0.1) is 7.11 Å². The van der Waals surface area contributed by atoms with Gasteiger partial charge in [0.2, 0.25) is 0 Å². The van der Waals surface area contributed by atoms with Crippen LogP contribution in [0.4, 0.5) is 0 Å². The van der Waals surface area contributed by atoms with E-state index in [1.165, 1.54) is 83.8 Å². The summed E-state index contributed by atoms with van der Waals surface area (Å²) in [5.41, 5.74) is 0.772. The second kappa shape index (κ2) is 15.4. The van der Waals surface area contributed by atoms with Crippen molar-refractivity contribution < 1.29 is 14.9 Å². The summed E-state index contributed by atoms with van der Waals surface area (Å²) in [4.78, 5) is 0. The van der Waals surface area contributed by atoms with Gasteiger partial charge in [0, 0.05) is 11.6 Å². The smallest absolute Gasteiger partial charge is 0.164 e. The molecule has 0 aliphatic rings. The highest BCUT2D eigenvalue weighted by Crippen LogP contribution is 2.35. The lowest BCUT2D eigenvalue weighted by molar-refractivity contribution is 0.365. The second-order valence-corrected chi connectivity index (χ2v) is 7.49. The van der Waals surface area contributed by atoms with Gasteiger partial charge in [-0.05, 0) is 44.6 Å². The summed E-state index contributed by atoms with van der Waals surface area (Å²) in [5, 5.41) is 19.8. The van der Waals surface area contributed by atoms with Crippen molar-refractivity contribution >= 4 is 0 Å². The Morgan fingerprint density at radius 2 is 1.33 bits per heavy atom. The lowest BCUT2D eigenvalue weighted by Gasteiger charge is -2.10. The summed E-state index contributed by atoms with van der Waals surface area (Å²) in [6.45, 7) is 2.26. The van der Waals surface area contributed by atoms with E-state index in [1.807, 2.05) is 0 Å². The zero-order valence-electron chi connectivity index (χ0n) is 17.5. The van der Waals surface area contributed by atoms with Crippen molar-refractivity contribution in [1.29, 1.82) is 0 Å². The summed E-state index contributed by atoms with van der Waals surface area (Å²) in [5.74, 6) is 0.656. The van der Waals surface area contributed by atoms with E-state index in [-0.39, 0.29) is 11.5 Å². The van der Waals surface area contributed by atoms with Crippen LogP contribution < -0.4 is 4.74 Å². The third-order valence-corrected chi connectivity index (χ3v) is 5.07. The largest absolute Gasteiger partial charge is 0.508 e. The molecule has 0 radical (unpaired) electrons. The Morgan fingerprint density at radius 3 is 1.93 bits per heavy atom. The van der Waals surface area contributed by atoms with Crippen molar-refractivity contribution in [3.05, 3.63) is 29.8 Å². The molecule has 1 aromatic rings. The number of phenols is 2. The topological polar surface area (TPSA) is 49.7 Å². The number of aromatic hydroxyl groups is 2. The standard InChI is InChI=1S/C24H40O3/c1-3-4-5-6-7-8-9-10-11-12-13-14-15-16-17-18-21-19-22(25)20-23(27-2)24(21)26/h8-9,19-20,25-26H,3-7,10-18H2,1-2H3/b9-8+. The van der Waals surface area contributed by atoms with E-state index in [1.54, 1.807) is 6.07 Å². The van der Waals surface area contributed by atoms with Gasteiger partial charge in [0.25, 0.3) is 0 Å². The van der Waals surface area contributed by atoms with Gasteiger partial charge >= 0.3 is 0 Å². The summed E-state index contributed by atoms with van der Waals surface area (Å²) in [6, 6.07) is 3.08. The Hall–Kier alpha value is -1.64. The molecule has 0 saturated heterocycles. The highest BCUT2D eigenvalue weighted by atomic mass is 16.5. The molecule has 0 aliphatic heterocycles. The van der Waals surface area contributed by atoms with Crippen LogP contribution in [0.15, 0.2) is 24.3 Å².